The summed E-state index contributed by atoms with van der Waals surface area (Å²) < 4.78 is 19.2. The molecular formula is C26H21FO3. The van der Waals surface area contributed by atoms with Gasteiger partial charge in [0.25, 0.3) is 0 Å². The minimum atomic E-state index is -0.820. The number of carboxylic acids is 1. The highest BCUT2D eigenvalue weighted by Crippen LogP contribution is 2.34. The molecule has 0 atom stereocenters. The molecule has 4 rings (SSSR count). The Morgan fingerprint density at radius 1 is 0.833 bits per heavy atom. The van der Waals surface area contributed by atoms with Crippen LogP contribution < -0.4 is 4.74 Å². The second-order valence-corrected chi connectivity index (χ2v) is 7.20. The third-order valence-corrected chi connectivity index (χ3v) is 5.04. The maximum Gasteiger partial charge on any atom is 0.303 e. The van der Waals surface area contributed by atoms with Gasteiger partial charge >= 0.3 is 5.97 Å². The lowest BCUT2D eigenvalue weighted by Gasteiger charge is -2.14. The van der Waals surface area contributed by atoms with E-state index in [-0.39, 0.29) is 12.2 Å². The van der Waals surface area contributed by atoms with Crippen molar-refractivity contribution < 1.29 is 19.0 Å². The first-order valence-electron chi connectivity index (χ1n) is 9.79. The van der Waals surface area contributed by atoms with Gasteiger partial charge in [-0.3, -0.25) is 4.79 Å². The minimum absolute atomic E-state index is 0.0763. The molecule has 4 aromatic carbocycles. The highest BCUT2D eigenvalue weighted by molar-refractivity contribution is 5.88. The molecule has 0 saturated carbocycles. The molecule has 0 heterocycles. The largest absolute Gasteiger partial charge is 0.488 e. The van der Waals surface area contributed by atoms with E-state index in [2.05, 4.69) is 24.3 Å². The molecular weight excluding hydrogens is 379 g/mol. The SMILES string of the molecule is O=C(O)CCc1ccc(OCc2ccc(F)cc2)c(-c2ccc3ccccc3c2)c1. The number of halogens is 1. The van der Waals surface area contributed by atoms with Crippen LogP contribution in [0.15, 0.2) is 84.9 Å². The molecule has 0 aromatic heterocycles. The van der Waals surface area contributed by atoms with Crippen LogP contribution in [-0.2, 0) is 17.8 Å². The number of hydrogen-bond acceptors (Lipinski definition) is 2. The molecule has 150 valence electrons. The average Bonchev–Trinajstić information content (AvgIpc) is 2.77. The van der Waals surface area contributed by atoms with E-state index in [4.69, 9.17) is 9.84 Å². The van der Waals surface area contributed by atoms with E-state index < -0.39 is 5.97 Å². The Morgan fingerprint density at radius 2 is 1.57 bits per heavy atom. The second-order valence-electron chi connectivity index (χ2n) is 7.20. The molecule has 3 nitrogen and oxygen atoms in total. The van der Waals surface area contributed by atoms with E-state index >= 15 is 0 Å². The molecule has 0 aliphatic rings. The molecule has 0 amide bonds. The Labute approximate surface area is 174 Å². The van der Waals surface area contributed by atoms with Crippen LogP contribution in [0.5, 0.6) is 5.75 Å². The van der Waals surface area contributed by atoms with Crippen LogP contribution in [0.1, 0.15) is 17.5 Å². The molecule has 0 radical (unpaired) electrons. The zero-order valence-electron chi connectivity index (χ0n) is 16.3. The van der Waals surface area contributed by atoms with E-state index in [1.807, 2.05) is 36.4 Å². The maximum atomic E-state index is 13.2. The summed E-state index contributed by atoms with van der Waals surface area (Å²) in [6, 6.07) is 26.4. The van der Waals surface area contributed by atoms with E-state index in [9.17, 15) is 9.18 Å². The normalized spacial score (nSPS) is 10.8. The van der Waals surface area contributed by atoms with Gasteiger partial charge in [-0.05, 0) is 64.2 Å². The van der Waals surface area contributed by atoms with Gasteiger partial charge in [-0.2, -0.15) is 0 Å². The lowest BCUT2D eigenvalue weighted by atomic mass is 9.97. The Hall–Kier alpha value is -3.66. The molecule has 0 aliphatic carbocycles. The number of hydrogen-bond donors (Lipinski definition) is 1. The zero-order chi connectivity index (χ0) is 20.9. The molecule has 0 unspecified atom stereocenters. The molecule has 30 heavy (non-hydrogen) atoms. The van der Waals surface area contributed by atoms with Crippen molar-refractivity contribution >= 4 is 16.7 Å². The second kappa shape index (κ2) is 8.78. The quantitative estimate of drug-likeness (QED) is 0.399. The van der Waals surface area contributed by atoms with Gasteiger partial charge in [0.1, 0.15) is 18.2 Å². The smallest absolute Gasteiger partial charge is 0.303 e. The van der Waals surface area contributed by atoms with E-state index in [0.29, 0.717) is 18.8 Å². The predicted molar refractivity (Wildman–Crippen MR) is 116 cm³/mol. The zero-order valence-corrected chi connectivity index (χ0v) is 16.3. The van der Waals surface area contributed by atoms with Crippen LogP contribution in [0.3, 0.4) is 0 Å². The van der Waals surface area contributed by atoms with Crippen molar-refractivity contribution in [2.75, 3.05) is 0 Å². The van der Waals surface area contributed by atoms with Crippen molar-refractivity contribution in [1.29, 1.82) is 0 Å². The van der Waals surface area contributed by atoms with Crippen LogP contribution in [0.2, 0.25) is 0 Å². The number of rotatable bonds is 7. The van der Waals surface area contributed by atoms with Crippen LogP contribution in [0.4, 0.5) is 4.39 Å². The van der Waals surface area contributed by atoms with Crippen LogP contribution in [0, 0.1) is 5.82 Å². The number of aryl methyl sites for hydroxylation is 1. The standard InChI is InChI=1S/C26H21FO3/c27-23-11-5-19(6-12-23)17-30-25-13-7-18(8-14-26(28)29)15-24(25)22-10-9-20-3-1-2-4-21(20)16-22/h1-7,9-13,15-16H,8,14,17H2,(H,28,29). The number of aliphatic carboxylic acids is 1. The Balaban J connectivity index is 1.68. The van der Waals surface area contributed by atoms with Crippen molar-refractivity contribution in [1.82, 2.24) is 0 Å². The first-order valence-corrected chi connectivity index (χ1v) is 9.79. The van der Waals surface area contributed by atoms with Gasteiger partial charge < -0.3 is 9.84 Å². The first-order chi connectivity index (χ1) is 14.6. The summed E-state index contributed by atoms with van der Waals surface area (Å²) in [5, 5.41) is 11.3. The molecule has 0 bridgehead atoms. The molecule has 0 saturated heterocycles. The summed E-state index contributed by atoms with van der Waals surface area (Å²) in [6.45, 7) is 0.315. The van der Waals surface area contributed by atoms with Crippen molar-refractivity contribution in [3.63, 3.8) is 0 Å². The molecule has 0 spiro atoms. The van der Waals surface area contributed by atoms with Crippen LogP contribution in [-0.4, -0.2) is 11.1 Å². The molecule has 0 fully saturated rings. The highest BCUT2D eigenvalue weighted by Gasteiger charge is 2.11. The lowest BCUT2D eigenvalue weighted by Crippen LogP contribution is -2.00. The third kappa shape index (κ3) is 4.66. The van der Waals surface area contributed by atoms with Gasteiger partial charge in [0.2, 0.25) is 0 Å². The maximum absolute atomic E-state index is 13.2. The van der Waals surface area contributed by atoms with Crippen molar-refractivity contribution in [3.05, 3.63) is 102 Å². The summed E-state index contributed by atoms with van der Waals surface area (Å²) >= 11 is 0. The van der Waals surface area contributed by atoms with E-state index in [1.165, 1.54) is 12.1 Å². The van der Waals surface area contributed by atoms with Crippen molar-refractivity contribution in [2.45, 2.75) is 19.4 Å². The summed E-state index contributed by atoms with van der Waals surface area (Å²) in [5.74, 6) is -0.397. The first kappa shape index (κ1) is 19.6. The minimum Gasteiger partial charge on any atom is -0.488 e. The van der Waals surface area contributed by atoms with Crippen LogP contribution in [0.25, 0.3) is 21.9 Å². The molecule has 0 aliphatic heterocycles. The summed E-state index contributed by atoms with van der Waals surface area (Å²) in [6.07, 6.45) is 0.529. The fraction of sp³-hybridized carbons (Fsp3) is 0.115. The number of carbonyl (C=O) groups is 1. The molecule has 1 N–H and O–H groups in total. The Morgan fingerprint density at radius 3 is 2.33 bits per heavy atom. The average molecular weight is 400 g/mol. The van der Waals surface area contributed by atoms with E-state index in [0.717, 1.165) is 33.0 Å². The van der Waals surface area contributed by atoms with Crippen molar-refractivity contribution in [2.24, 2.45) is 0 Å². The lowest BCUT2D eigenvalue weighted by molar-refractivity contribution is -0.136. The highest BCUT2D eigenvalue weighted by atomic mass is 19.1. The van der Waals surface area contributed by atoms with Gasteiger partial charge in [-0.15, -0.1) is 0 Å². The fourth-order valence-corrected chi connectivity index (χ4v) is 3.43. The Bertz CT molecular complexity index is 1180. The van der Waals surface area contributed by atoms with Gasteiger partial charge in [-0.1, -0.05) is 54.6 Å². The topological polar surface area (TPSA) is 46.5 Å². The van der Waals surface area contributed by atoms with Crippen LogP contribution >= 0.6 is 0 Å². The van der Waals surface area contributed by atoms with E-state index in [1.54, 1.807) is 12.1 Å². The summed E-state index contributed by atoms with van der Waals surface area (Å²) in [4.78, 5) is 11.0. The Kier molecular flexibility index (Phi) is 5.75. The number of ether oxygens (including phenoxy) is 1. The molecule has 4 heteroatoms. The summed E-state index contributed by atoms with van der Waals surface area (Å²) in [5.41, 5.74) is 3.72. The predicted octanol–water partition coefficient (Wildman–Crippen LogP) is 6.24. The van der Waals surface area contributed by atoms with Crippen molar-refractivity contribution in [3.8, 4) is 16.9 Å². The summed E-state index contributed by atoms with van der Waals surface area (Å²) in [7, 11) is 0. The van der Waals surface area contributed by atoms with Gasteiger partial charge in [-0.25, -0.2) is 4.39 Å². The van der Waals surface area contributed by atoms with Gasteiger partial charge in [0.05, 0.1) is 0 Å². The third-order valence-electron chi connectivity index (χ3n) is 5.04. The molecule has 4 aromatic rings. The number of fused-ring (bicyclic) bond motifs is 1. The number of carboxylic acid groups (broad SMARTS) is 1. The number of benzene rings is 4. The fourth-order valence-electron chi connectivity index (χ4n) is 3.43. The monoisotopic (exact) mass is 400 g/mol. The van der Waals surface area contributed by atoms with Gasteiger partial charge in [0.15, 0.2) is 0 Å². The van der Waals surface area contributed by atoms with Gasteiger partial charge in [0, 0.05) is 12.0 Å².